The van der Waals surface area contributed by atoms with Gasteiger partial charge in [-0.25, -0.2) is 9.67 Å². The van der Waals surface area contributed by atoms with E-state index in [0.29, 0.717) is 18.3 Å². The molecule has 0 bridgehead atoms. The van der Waals surface area contributed by atoms with Crippen LogP contribution in [0.15, 0.2) is 29.3 Å². The number of aliphatic hydroxyl groups is 1. The van der Waals surface area contributed by atoms with Crippen LogP contribution in [0.3, 0.4) is 0 Å². The summed E-state index contributed by atoms with van der Waals surface area (Å²) >= 11 is 0. The molecule has 1 aliphatic rings. The van der Waals surface area contributed by atoms with Gasteiger partial charge in [0.2, 0.25) is 0 Å². The molecule has 0 amide bonds. The fourth-order valence-electron chi connectivity index (χ4n) is 3.29. The summed E-state index contributed by atoms with van der Waals surface area (Å²) in [5, 5.41) is 21.0. The van der Waals surface area contributed by atoms with Gasteiger partial charge in [-0.3, -0.25) is 4.99 Å². The van der Waals surface area contributed by atoms with Crippen LogP contribution in [0.1, 0.15) is 43.0 Å². The van der Waals surface area contributed by atoms with E-state index in [1.54, 1.807) is 0 Å². The topological polar surface area (TPSA) is 96.6 Å². The molecule has 32 heavy (non-hydrogen) atoms. The van der Waals surface area contributed by atoms with E-state index in [1.807, 2.05) is 18.5 Å². The van der Waals surface area contributed by atoms with Crippen LogP contribution in [0.4, 0.5) is 13.2 Å². The number of halogens is 4. The van der Waals surface area contributed by atoms with Crippen LogP contribution in [-0.2, 0) is 12.7 Å². The highest BCUT2D eigenvalue weighted by Crippen LogP contribution is 2.31. The highest BCUT2D eigenvalue weighted by atomic mass is 127. The molecule has 1 aliphatic heterocycles. The summed E-state index contributed by atoms with van der Waals surface area (Å²) in [6.07, 6.45) is -3.59. The highest BCUT2D eigenvalue weighted by molar-refractivity contribution is 14.0. The van der Waals surface area contributed by atoms with Crippen molar-refractivity contribution >= 4 is 29.9 Å². The van der Waals surface area contributed by atoms with Gasteiger partial charge in [-0.05, 0) is 44.9 Å². The van der Waals surface area contributed by atoms with E-state index in [0.717, 1.165) is 37.3 Å². The number of aliphatic imine (C=N–C) groups is 1. The lowest BCUT2D eigenvalue weighted by molar-refractivity contribution is -0.137. The summed E-state index contributed by atoms with van der Waals surface area (Å²) in [5.41, 5.74) is -0.799. The van der Waals surface area contributed by atoms with Crippen molar-refractivity contribution in [2.45, 2.75) is 51.6 Å². The minimum Gasteiger partial charge on any atom is -0.491 e. The van der Waals surface area contributed by atoms with Crippen LogP contribution >= 0.6 is 24.0 Å². The first-order chi connectivity index (χ1) is 14.8. The Kier molecular flexibility index (Phi) is 9.55. The van der Waals surface area contributed by atoms with E-state index in [4.69, 9.17) is 4.74 Å². The number of nitrogens with zero attached hydrogens (tertiary/aromatic N) is 4. The molecule has 8 nitrogen and oxygen atoms in total. The van der Waals surface area contributed by atoms with Gasteiger partial charge in [0.05, 0.1) is 18.2 Å². The molecule has 0 aliphatic carbocycles. The van der Waals surface area contributed by atoms with E-state index in [2.05, 4.69) is 25.7 Å². The van der Waals surface area contributed by atoms with Gasteiger partial charge in [-0.2, -0.15) is 18.3 Å². The molecule has 2 atom stereocenters. The fourth-order valence-corrected chi connectivity index (χ4v) is 3.29. The second-order valence-electron chi connectivity index (χ2n) is 7.29. The molecule has 0 fully saturated rings. The van der Waals surface area contributed by atoms with E-state index in [1.165, 1.54) is 12.1 Å². The third kappa shape index (κ3) is 7.22. The summed E-state index contributed by atoms with van der Waals surface area (Å²) in [6, 6.07) is 4.50. The van der Waals surface area contributed by atoms with Crippen LogP contribution in [0.25, 0.3) is 0 Å². The standard InChI is InChI=1S/C20H27F3N6O2.HI/c1-3-24-19(27-17-8-5-9-29-18(17)26-13(2)28-29)25-11-15(30)12-31-16-7-4-6-14(10-16)20(21,22)23;/h4,6-7,10,15,17,30H,3,5,8-9,11-12H2,1-2H3,(H2,24,25,27);1H. The Labute approximate surface area is 201 Å². The fraction of sp³-hybridized carbons (Fsp3) is 0.550. The third-order valence-electron chi connectivity index (χ3n) is 4.70. The largest absolute Gasteiger partial charge is 0.491 e. The summed E-state index contributed by atoms with van der Waals surface area (Å²) in [6.45, 7) is 5.07. The van der Waals surface area contributed by atoms with Gasteiger partial charge < -0.3 is 20.5 Å². The van der Waals surface area contributed by atoms with Gasteiger partial charge in [-0.15, -0.1) is 24.0 Å². The van der Waals surface area contributed by atoms with Gasteiger partial charge in [-0.1, -0.05) is 6.07 Å². The number of fused-ring (bicyclic) bond motifs is 1. The van der Waals surface area contributed by atoms with E-state index in [9.17, 15) is 18.3 Å². The maximum Gasteiger partial charge on any atom is 0.416 e. The lowest BCUT2D eigenvalue weighted by Crippen LogP contribution is -2.42. The molecule has 12 heteroatoms. The Hall–Kier alpha value is -2.09. The first-order valence-electron chi connectivity index (χ1n) is 10.2. The molecule has 2 unspecified atom stereocenters. The van der Waals surface area contributed by atoms with Gasteiger partial charge in [0, 0.05) is 13.1 Å². The monoisotopic (exact) mass is 568 g/mol. The Balaban J connectivity index is 0.00000363. The van der Waals surface area contributed by atoms with Crippen molar-refractivity contribution in [1.82, 2.24) is 25.4 Å². The maximum atomic E-state index is 12.8. The van der Waals surface area contributed by atoms with Crippen molar-refractivity contribution in [1.29, 1.82) is 0 Å². The molecule has 178 valence electrons. The lowest BCUT2D eigenvalue weighted by atomic mass is 10.1. The van der Waals surface area contributed by atoms with Crippen LogP contribution in [0.5, 0.6) is 5.75 Å². The Bertz CT molecular complexity index is 906. The van der Waals surface area contributed by atoms with Crippen LogP contribution in [0.2, 0.25) is 0 Å². The number of nitrogens with one attached hydrogen (secondary N) is 2. The zero-order valence-electron chi connectivity index (χ0n) is 17.9. The molecule has 3 rings (SSSR count). The number of hydrogen-bond donors (Lipinski definition) is 3. The van der Waals surface area contributed by atoms with E-state index < -0.39 is 17.8 Å². The second-order valence-corrected chi connectivity index (χ2v) is 7.29. The molecular formula is C20H28F3IN6O2. The summed E-state index contributed by atoms with van der Waals surface area (Å²) < 4.78 is 45.6. The number of alkyl halides is 3. The van der Waals surface area contributed by atoms with E-state index in [-0.39, 0.29) is 48.9 Å². The summed E-state index contributed by atoms with van der Waals surface area (Å²) in [7, 11) is 0. The number of aryl methyl sites for hydroxylation is 2. The molecular weight excluding hydrogens is 540 g/mol. The SMILES string of the molecule is CCNC(=NCC(O)COc1cccc(C(F)(F)F)c1)NC1CCCn2nc(C)nc21.I. The van der Waals surface area contributed by atoms with Gasteiger partial charge in [0.25, 0.3) is 0 Å². The predicted molar refractivity (Wildman–Crippen MR) is 124 cm³/mol. The molecule has 1 aromatic heterocycles. The van der Waals surface area contributed by atoms with Gasteiger partial charge in [0.1, 0.15) is 30.1 Å². The minimum atomic E-state index is -4.45. The summed E-state index contributed by atoms with van der Waals surface area (Å²) in [5.74, 6) is 2.12. The molecule has 2 aromatic rings. The van der Waals surface area contributed by atoms with E-state index >= 15 is 0 Å². The zero-order valence-corrected chi connectivity index (χ0v) is 20.2. The Morgan fingerprint density at radius 3 is 2.91 bits per heavy atom. The van der Waals surface area contributed by atoms with Crippen molar-refractivity contribution in [2.24, 2.45) is 4.99 Å². The number of rotatable bonds is 7. The number of guanidine groups is 1. The lowest BCUT2D eigenvalue weighted by Gasteiger charge is -2.25. The molecule has 0 saturated heterocycles. The molecule has 2 heterocycles. The zero-order chi connectivity index (χ0) is 22.4. The third-order valence-corrected chi connectivity index (χ3v) is 4.70. The quantitative estimate of drug-likeness (QED) is 0.270. The number of benzene rings is 1. The number of aliphatic hydroxyl groups excluding tert-OH is 1. The van der Waals surface area contributed by atoms with Gasteiger partial charge >= 0.3 is 6.18 Å². The average molecular weight is 568 g/mol. The van der Waals surface area contributed by atoms with Crippen molar-refractivity contribution in [3.8, 4) is 5.75 Å². The highest BCUT2D eigenvalue weighted by Gasteiger charge is 2.30. The molecule has 0 saturated carbocycles. The summed E-state index contributed by atoms with van der Waals surface area (Å²) in [4.78, 5) is 8.87. The minimum absolute atomic E-state index is 0. The smallest absolute Gasteiger partial charge is 0.416 e. The van der Waals surface area contributed by atoms with Crippen LogP contribution in [-0.4, -0.2) is 51.6 Å². The van der Waals surface area contributed by atoms with Crippen LogP contribution in [0, 0.1) is 6.92 Å². The van der Waals surface area contributed by atoms with Crippen molar-refractivity contribution in [3.63, 3.8) is 0 Å². The molecule has 1 aromatic carbocycles. The molecule has 3 N–H and O–H groups in total. The number of hydrogen-bond acceptors (Lipinski definition) is 5. The maximum absolute atomic E-state index is 12.8. The predicted octanol–water partition coefficient (Wildman–Crippen LogP) is 3.05. The normalized spacial score (nSPS) is 17.2. The Morgan fingerprint density at radius 2 is 2.19 bits per heavy atom. The number of ether oxygens (including phenoxy) is 1. The Morgan fingerprint density at radius 1 is 1.41 bits per heavy atom. The van der Waals surface area contributed by atoms with Gasteiger partial charge in [0.15, 0.2) is 5.96 Å². The average Bonchev–Trinajstić information content (AvgIpc) is 3.11. The van der Waals surface area contributed by atoms with Crippen molar-refractivity contribution in [2.75, 3.05) is 19.7 Å². The first-order valence-corrected chi connectivity index (χ1v) is 10.2. The van der Waals surface area contributed by atoms with Crippen molar-refractivity contribution < 1.29 is 23.0 Å². The molecule has 0 radical (unpaired) electrons. The molecule has 0 spiro atoms. The van der Waals surface area contributed by atoms with Crippen LogP contribution < -0.4 is 15.4 Å². The second kappa shape index (κ2) is 11.7. The number of aromatic nitrogens is 3. The first kappa shape index (κ1) is 26.2. The van der Waals surface area contributed by atoms with Crippen molar-refractivity contribution in [3.05, 3.63) is 41.5 Å².